The number of amides is 1. The van der Waals surface area contributed by atoms with Crippen molar-refractivity contribution in [1.29, 1.82) is 0 Å². The van der Waals surface area contributed by atoms with Gasteiger partial charge >= 0.3 is 0 Å². The van der Waals surface area contributed by atoms with E-state index in [1.165, 1.54) is 0 Å². The average molecular weight is 407 g/mol. The van der Waals surface area contributed by atoms with E-state index in [-0.39, 0.29) is 12.3 Å². The van der Waals surface area contributed by atoms with E-state index >= 15 is 0 Å². The van der Waals surface area contributed by atoms with Gasteiger partial charge in [0.2, 0.25) is 5.91 Å². The van der Waals surface area contributed by atoms with Gasteiger partial charge in [-0.1, -0.05) is 60.7 Å². The van der Waals surface area contributed by atoms with Gasteiger partial charge in [0, 0.05) is 16.6 Å². The number of hydrogen-bond donors (Lipinski definition) is 1. The van der Waals surface area contributed by atoms with Crippen molar-refractivity contribution in [1.82, 2.24) is 0 Å². The molecule has 4 heteroatoms. The van der Waals surface area contributed by atoms with Crippen LogP contribution in [0.4, 0.5) is 5.69 Å². The van der Waals surface area contributed by atoms with Gasteiger partial charge in [-0.3, -0.25) is 4.79 Å². The first-order chi connectivity index (χ1) is 15.3. The van der Waals surface area contributed by atoms with Crippen molar-refractivity contribution in [3.63, 3.8) is 0 Å². The molecule has 152 valence electrons. The third-order valence-electron chi connectivity index (χ3n) is 5.28. The Labute approximate surface area is 180 Å². The lowest BCUT2D eigenvalue weighted by Gasteiger charge is -2.08. The van der Waals surface area contributed by atoms with Crippen molar-refractivity contribution in [3.8, 4) is 5.75 Å². The molecule has 1 aromatic heterocycles. The number of anilines is 1. The number of rotatable bonds is 6. The molecule has 0 aliphatic carbocycles. The lowest BCUT2D eigenvalue weighted by Crippen LogP contribution is -2.14. The Morgan fingerprint density at radius 1 is 0.839 bits per heavy atom. The minimum absolute atomic E-state index is 0.0893. The van der Waals surface area contributed by atoms with E-state index in [2.05, 4.69) is 17.4 Å². The summed E-state index contributed by atoms with van der Waals surface area (Å²) in [7, 11) is 0. The highest BCUT2D eigenvalue weighted by atomic mass is 16.5. The molecule has 1 amide bonds. The largest absolute Gasteiger partial charge is 0.489 e. The second kappa shape index (κ2) is 8.36. The summed E-state index contributed by atoms with van der Waals surface area (Å²) >= 11 is 0. The summed E-state index contributed by atoms with van der Waals surface area (Å²) in [6.07, 6.45) is 1.92. The van der Waals surface area contributed by atoms with Crippen LogP contribution in [0.2, 0.25) is 0 Å². The first-order valence-electron chi connectivity index (χ1n) is 10.2. The fourth-order valence-corrected chi connectivity index (χ4v) is 3.76. The predicted molar refractivity (Wildman–Crippen MR) is 123 cm³/mol. The van der Waals surface area contributed by atoms with Gasteiger partial charge in [-0.2, -0.15) is 0 Å². The highest BCUT2D eigenvalue weighted by molar-refractivity contribution is 6.09. The van der Waals surface area contributed by atoms with Crippen molar-refractivity contribution in [2.24, 2.45) is 0 Å². The van der Waals surface area contributed by atoms with Gasteiger partial charge in [0.25, 0.3) is 0 Å². The molecular weight excluding hydrogens is 386 g/mol. The van der Waals surface area contributed by atoms with Gasteiger partial charge in [0.15, 0.2) is 0 Å². The molecule has 0 bridgehead atoms. The highest BCUT2D eigenvalue weighted by Gasteiger charge is 2.13. The van der Waals surface area contributed by atoms with Crippen LogP contribution in [0.1, 0.15) is 11.1 Å². The van der Waals surface area contributed by atoms with Gasteiger partial charge < -0.3 is 14.5 Å². The molecule has 0 unspecified atom stereocenters. The van der Waals surface area contributed by atoms with Crippen molar-refractivity contribution in [3.05, 3.63) is 108 Å². The van der Waals surface area contributed by atoms with Crippen molar-refractivity contribution in [2.75, 3.05) is 5.32 Å². The maximum Gasteiger partial charge on any atom is 0.228 e. The molecule has 0 fully saturated rings. The predicted octanol–water partition coefficient (Wildman–Crippen LogP) is 6.35. The molecule has 0 spiro atoms. The molecule has 0 aliphatic rings. The molecule has 1 N–H and O–H groups in total. The van der Waals surface area contributed by atoms with E-state index in [9.17, 15) is 4.79 Å². The summed E-state index contributed by atoms with van der Waals surface area (Å²) in [6, 6.07) is 29.5. The zero-order chi connectivity index (χ0) is 21.0. The zero-order valence-electron chi connectivity index (χ0n) is 16.9. The summed E-state index contributed by atoms with van der Waals surface area (Å²) in [4.78, 5) is 12.7. The Kier molecular flexibility index (Phi) is 5.11. The second-order valence-electron chi connectivity index (χ2n) is 7.44. The van der Waals surface area contributed by atoms with Crippen LogP contribution >= 0.6 is 0 Å². The van der Waals surface area contributed by atoms with Crippen molar-refractivity contribution >= 4 is 33.3 Å². The summed E-state index contributed by atoms with van der Waals surface area (Å²) in [5.74, 6) is 0.669. The zero-order valence-corrected chi connectivity index (χ0v) is 16.9. The number of fused-ring (bicyclic) bond motifs is 3. The Balaban J connectivity index is 1.26. The van der Waals surface area contributed by atoms with E-state index in [1.807, 2.05) is 78.9 Å². The Hall–Kier alpha value is -4.05. The summed E-state index contributed by atoms with van der Waals surface area (Å²) in [5.41, 5.74) is 3.52. The van der Waals surface area contributed by atoms with Gasteiger partial charge in [0.05, 0.1) is 12.7 Å². The first kappa shape index (κ1) is 18.9. The molecule has 0 aliphatic heterocycles. The second-order valence-corrected chi connectivity index (χ2v) is 7.44. The summed E-state index contributed by atoms with van der Waals surface area (Å²) in [5, 5.41) is 6.18. The molecular formula is C27H21NO3. The Morgan fingerprint density at radius 2 is 1.61 bits per heavy atom. The Morgan fingerprint density at radius 3 is 2.45 bits per heavy atom. The number of benzene rings is 4. The Bertz CT molecular complexity index is 1340. The van der Waals surface area contributed by atoms with Crippen LogP contribution in [0.15, 0.2) is 102 Å². The number of carbonyl (C=O) groups excluding carboxylic acids is 1. The van der Waals surface area contributed by atoms with Gasteiger partial charge in [0.1, 0.15) is 17.9 Å². The SMILES string of the molecule is O=C(Cc1coc2ccc3ccccc3c12)Nc1ccc(OCc2ccccc2)cc1. The fraction of sp³-hybridized carbons (Fsp3) is 0.0741. The third kappa shape index (κ3) is 4.14. The molecule has 5 aromatic rings. The van der Waals surface area contributed by atoms with Crippen LogP contribution < -0.4 is 10.1 Å². The van der Waals surface area contributed by atoms with Crippen molar-refractivity contribution in [2.45, 2.75) is 13.0 Å². The lowest BCUT2D eigenvalue weighted by atomic mass is 10.0. The number of carbonyl (C=O) groups is 1. The standard InChI is InChI=1S/C27H21NO3/c29-26(16-21-18-31-25-15-10-20-8-4-5-9-24(20)27(21)25)28-22-11-13-23(14-12-22)30-17-19-6-2-1-3-7-19/h1-15,18H,16-17H2,(H,28,29). The van der Waals surface area contributed by atoms with E-state index in [4.69, 9.17) is 9.15 Å². The molecule has 5 rings (SSSR count). The van der Waals surface area contributed by atoms with Gasteiger partial charge in [-0.25, -0.2) is 0 Å². The first-order valence-corrected chi connectivity index (χ1v) is 10.2. The van der Waals surface area contributed by atoms with Crippen LogP contribution in [0, 0.1) is 0 Å². The quantitative estimate of drug-likeness (QED) is 0.357. The monoisotopic (exact) mass is 407 g/mol. The summed E-state index contributed by atoms with van der Waals surface area (Å²) < 4.78 is 11.5. The molecule has 0 saturated carbocycles. The summed E-state index contributed by atoms with van der Waals surface area (Å²) in [6.45, 7) is 0.508. The number of hydrogen-bond acceptors (Lipinski definition) is 3. The van der Waals surface area contributed by atoms with E-state index in [0.29, 0.717) is 6.61 Å². The lowest BCUT2D eigenvalue weighted by molar-refractivity contribution is -0.115. The topological polar surface area (TPSA) is 51.5 Å². The fourth-order valence-electron chi connectivity index (χ4n) is 3.76. The molecule has 31 heavy (non-hydrogen) atoms. The number of ether oxygens (including phenoxy) is 1. The molecule has 1 heterocycles. The molecule has 0 radical (unpaired) electrons. The van der Waals surface area contributed by atoms with Crippen molar-refractivity contribution < 1.29 is 13.9 Å². The maximum absolute atomic E-state index is 12.7. The molecule has 4 aromatic carbocycles. The maximum atomic E-state index is 12.7. The van der Waals surface area contributed by atoms with Crippen LogP contribution in [0.5, 0.6) is 5.75 Å². The van der Waals surface area contributed by atoms with Crippen LogP contribution in [0.25, 0.3) is 21.7 Å². The smallest absolute Gasteiger partial charge is 0.228 e. The van der Waals surface area contributed by atoms with Crippen LogP contribution in [-0.2, 0) is 17.8 Å². The van der Waals surface area contributed by atoms with E-state index < -0.39 is 0 Å². The number of nitrogens with one attached hydrogen (secondary N) is 1. The van der Waals surface area contributed by atoms with Gasteiger partial charge in [-0.05, 0) is 46.7 Å². The average Bonchev–Trinajstić information content (AvgIpc) is 3.22. The van der Waals surface area contributed by atoms with Gasteiger partial charge in [-0.15, -0.1) is 0 Å². The minimum Gasteiger partial charge on any atom is -0.489 e. The number of furan rings is 1. The molecule has 0 saturated heterocycles. The normalized spacial score (nSPS) is 11.0. The third-order valence-corrected chi connectivity index (χ3v) is 5.28. The van der Waals surface area contributed by atoms with Crippen LogP contribution in [-0.4, -0.2) is 5.91 Å². The minimum atomic E-state index is -0.0893. The van der Waals surface area contributed by atoms with Crippen LogP contribution in [0.3, 0.4) is 0 Å². The molecule has 0 atom stereocenters. The van der Waals surface area contributed by atoms with E-state index in [0.717, 1.165) is 44.3 Å². The van der Waals surface area contributed by atoms with E-state index in [1.54, 1.807) is 6.26 Å². The molecule has 4 nitrogen and oxygen atoms in total. The highest BCUT2D eigenvalue weighted by Crippen LogP contribution is 2.30.